The van der Waals surface area contributed by atoms with E-state index in [0.29, 0.717) is 17.9 Å². The van der Waals surface area contributed by atoms with Crippen molar-refractivity contribution in [2.45, 2.75) is 46.8 Å². The lowest BCUT2D eigenvalue weighted by atomic mass is 9.98. The molecule has 2 aromatic rings. The van der Waals surface area contributed by atoms with E-state index in [1.165, 1.54) is 0 Å². The lowest BCUT2D eigenvalue weighted by Crippen LogP contribution is -2.48. The van der Waals surface area contributed by atoms with Crippen molar-refractivity contribution in [3.63, 3.8) is 0 Å². The molecule has 2 amide bonds. The van der Waals surface area contributed by atoms with E-state index in [0.717, 1.165) is 23.4 Å². The van der Waals surface area contributed by atoms with E-state index < -0.39 is 11.9 Å². The third kappa shape index (κ3) is 4.62. The van der Waals surface area contributed by atoms with Gasteiger partial charge in [0.1, 0.15) is 24.2 Å². The van der Waals surface area contributed by atoms with Gasteiger partial charge in [-0.2, -0.15) is 0 Å². The SMILES string of the molecule is CCC(C)C(NC(=O)c1ccc(OCc2c(C)noc2C)cc1)C(N)=O. The van der Waals surface area contributed by atoms with Crippen LogP contribution in [0.3, 0.4) is 0 Å². The fraction of sp³-hybridized carbons (Fsp3) is 0.421. The average molecular weight is 359 g/mol. The van der Waals surface area contributed by atoms with Gasteiger partial charge in [-0.15, -0.1) is 0 Å². The van der Waals surface area contributed by atoms with Crippen LogP contribution in [0.4, 0.5) is 0 Å². The van der Waals surface area contributed by atoms with Crippen molar-refractivity contribution in [3.05, 3.63) is 46.8 Å². The van der Waals surface area contributed by atoms with Crippen molar-refractivity contribution in [2.75, 3.05) is 0 Å². The summed E-state index contributed by atoms with van der Waals surface area (Å²) in [5.41, 5.74) is 7.52. The quantitative estimate of drug-likeness (QED) is 0.753. The maximum atomic E-state index is 12.3. The van der Waals surface area contributed by atoms with Gasteiger partial charge in [-0.3, -0.25) is 9.59 Å². The molecule has 7 nitrogen and oxygen atoms in total. The van der Waals surface area contributed by atoms with Gasteiger partial charge in [-0.1, -0.05) is 25.4 Å². The minimum atomic E-state index is -0.692. The Bertz CT molecular complexity index is 748. The number of nitrogens with one attached hydrogen (secondary N) is 1. The molecule has 1 aromatic heterocycles. The molecular formula is C19H25N3O4. The second kappa shape index (κ2) is 8.51. The number of ether oxygens (including phenoxy) is 1. The van der Waals surface area contributed by atoms with Gasteiger partial charge in [0.05, 0.1) is 11.3 Å². The normalized spacial score (nSPS) is 13.1. The molecule has 26 heavy (non-hydrogen) atoms. The maximum absolute atomic E-state index is 12.3. The second-order valence-electron chi connectivity index (χ2n) is 6.35. The number of carbonyl (C=O) groups is 2. The zero-order valence-electron chi connectivity index (χ0n) is 15.5. The molecule has 7 heteroatoms. The van der Waals surface area contributed by atoms with Gasteiger partial charge in [-0.25, -0.2) is 0 Å². The third-order valence-corrected chi connectivity index (χ3v) is 4.49. The fourth-order valence-corrected chi connectivity index (χ4v) is 2.52. The molecule has 3 N–H and O–H groups in total. The summed E-state index contributed by atoms with van der Waals surface area (Å²) in [6.45, 7) is 7.84. The number of hydrogen-bond donors (Lipinski definition) is 2. The fourth-order valence-electron chi connectivity index (χ4n) is 2.52. The summed E-state index contributed by atoms with van der Waals surface area (Å²) in [6.07, 6.45) is 0.738. The van der Waals surface area contributed by atoms with E-state index in [1.54, 1.807) is 24.3 Å². The van der Waals surface area contributed by atoms with Crippen LogP contribution in [0.25, 0.3) is 0 Å². The predicted octanol–water partition coefficient (Wildman–Crippen LogP) is 2.50. The zero-order chi connectivity index (χ0) is 19.3. The summed E-state index contributed by atoms with van der Waals surface area (Å²) in [6, 6.07) is 6.01. The predicted molar refractivity (Wildman–Crippen MR) is 96.7 cm³/mol. The van der Waals surface area contributed by atoms with Crippen molar-refractivity contribution < 1.29 is 18.8 Å². The number of amides is 2. The summed E-state index contributed by atoms with van der Waals surface area (Å²) < 4.78 is 10.8. The third-order valence-electron chi connectivity index (χ3n) is 4.49. The van der Waals surface area contributed by atoms with Crippen molar-refractivity contribution in [1.29, 1.82) is 0 Å². The topological polar surface area (TPSA) is 107 Å². The number of nitrogens with zero attached hydrogens (tertiary/aromatic N) is 1. The van der Waals surface area contributed by atoms with Crippen molar-refractivity contribution in [2.24, 2.45) is 11.7 Å². The highest BCUT2D eigenvalue weighted by atomic mass is 16.5. The Morgan fingerprint density at radius 3 is 2.42 bits per heavy atom. The van der Waals surface area contributed by atoms with Crippen LogP contribution in [0.1, 0.15) is 47.6 Å². The Morgan fingerprint density at radius 2 is 1.92 bits per heavy atom. The highest BCUT2D eigenvalue weighted by Gasteiger charge is 2.24. The van der Waals surface area contributed by atoms with Gasteiger partial charge in [0.25, 0.3) is 5.91 Å². The van der Waals surface area contributed by atoms with E-state index in [9.17, 15) is 9.59 Å². The van der Waals surface area contributed by atoms with Gasteiger partial charge in [0.15, 0.2) is 0 Å². The van der Waals surface area contributed by atoms with Crippen LogP contribution in [0.5, 0.6) is 5.75 Å². The summed E-state index contributed by atoms with van der Waals surface area (Å²) in [7, 11) is 0. The van der Waals surface area contributed by atoms with Crippen molar-refractivity contribution in [1.82, 2.24) is 10.5 Å². The number of nitrogens with two attached hydrogens (primary N) is 1. The van der Waals surface area contributed by atoms with E-state index >= 15 is 0 Å². The van der Waals surface area contributed by atoms with E-state index in [1.807, 2.05) is 27.7 Å². The Balaban J connectivity index is 1.99. The van der Waals surface area contributed by atoms with Gasteiger partial charge < -0.3 is 20.3 Å². The minimum absolute atomic E-state index is 0.0332. The zero-order valence-corrected chi connectivity index (χ0v) is 15.5. The lowest BCUT2D eigenvalue weighted by Gasteiger charge is -2.21. The molecule has 0 aliphatic rings. The van der Waals surface area contributed by atoms with Crippen LogP contribution in [0.2, 0.25) is 0 Å². The number of rotatable bonds is 8. The summed E-state index contributed by atoms with van der Waals surface area (Å²) in [5.74, 6) is 0.434. The van der Waals surface area contributed by atoms with Crippen LogP contribution in [0, 0.1) is 19.8 Å². The lowest BCUT2D eigenvalue weighted by molar-refractivity contribution is -0.120. The number of aryl methyl sites for hydroxylation is 2. The van der Waals surface area contributed by atoms with Gasteiger partial charge >= 0.3 is 0 Å². The Hall–Kier alpha value is -2.83. The van der Waals surface area contributed by atoms with Crippen LogP contribution < -0.4 is 15.8 Å². The first-order chi connectivity index (χ1) is 12.3. The number of hydrogen-bond acceptors (Lipinski definition) is 5. The Labute approximate surface area is 152 Å². The molecule has 0 saturated heterocycles. The second-order valence-corrected chi connectivity index (χ2v) is 6.35. The molecule has 0 saturated carbocycles. The smallest absolute Gasteiger partial charge is 0.251 e. The number of benzene rings is 1. The number of aromatic nitrogens is 1. The molecule has 0 aliphatic carbocycles. The van der Waals surface area contributed by atoms with Gasteiger partial charge in [0.2, 0.25) is 5.91 Å². The van der Waals surface area contributed by atoms with Crippen molar-refractivity contribution >= 4 is 11.8 Å². The van der Waals surface area contributed by atoms with Crippen LogP contribution in [-0.4, -0.2) is 23.0 Å². The summed E-state index contributed by atoms with van der Waals surface area (Å²) in [4.78, 5) is 23.9. The molecule has 140 valence electrons. The molecule has 0 radical (unpaired) electrons. The number of carbonyl (C=O) groups excluding carboxylic acids is 2. The molecule has 2 atom stereocenters. The van der Waals surface area contributed by atoms with E-state index in [-0.39, 0.29) is 11.8 Å². The highest BCUT2D eigenvalue weighted by Crippen LogP contribution is 2.18. The first-order valence-electron chi connectivity index (χ1n) is 8.58. The van der Waals surface area contributed by atoms with Gasteiger partial charge in [-0.05, 0) is 44.0 Å². The van der Waals surface area contributed by atoms with Gasteiger partial charge in [0, 0.05) is 5.56 Å². The molecular weight excluding hydrogens is 334 g/mol. The maximum Gasteiger partial charge on any atom is 0.251 e. The molecule has 0 bridgehead atoms. The Kier molecular flexibility index (Phi) is 6.38. The van der Waals surface area contributed by atoms with E-state index in [2.05, 4.69) is 10.5 Å². The van der Waals surface area contributed by atoms with Crippen LogP contribution in [-0.2, 0) is 11.4 Å². The van der Waals surface area contributed by atoms with Crippen molar-refractivity contribution in [3.8, 4) is 5.75 Å². The average Bonchev–Trinajstić information content (AvgIpc) is 2.95. The Morgan fingerprint density at radius 1 is 1.27 bits per heavy atom. The summed E-state index contributed by atoms with van der Waals surface area (Å²) >= 11 is 0. The van der Waals surface area contributed by atoms with E-state index in [4.69, 9.17) is 15.0 Å². The molecule has 2 unspecified atom stereocenters. The first kappa shape index (κ1) is 19.5. The van der Waals surface area contributed by atoms with Crippen LogP contribution in [0.15, 0.2) is 28.8 Å². The minimum Gasteiger partial charge on any atom is -0.489 e. The molecule has 1 heterocycles. The standard InChI is InChI=1S/C19H25N3O4/c1-5-11(2)17(18(20)23)21-19(24)14-6-8-15(9-7-14)25-10-16-12(3)22-26-13(16)4/h6-9,11,17H,5,10H2,1-4H3,(H2,20,23)(H,21,24). The molecule has 1 aromatic carbocycles. The molecule has 2 rings (SSSR count). The molecule has 0 aliphatic heterocycles. The monoisotopic (exact) mass is 359 g/mol. The van der Waals surface area contributed by atoms with Crippen LogP contribution >= 0.6 is 0 Å². The molecule has 0 spiro atoms. The first-order valence-corrected chi connectivity index (χ1v) is 8.58. The largest absolute Gasteiger partial charge is 0.489 e. The highest BCUT2D eigenvalue weighted by molar-refractivity contribution is 5.97. The molecule has 0 fully saturated rings. The number of primary amides is 1. The summed E-state index contributed by atoms with van der Waals surface area (Å²) in [5, 5.41) is 6.58.